The van der Waals surface area contributed by atoms with Crippen LogP contribution in [0.1, 0.15) is 16.7 Å². The van der Waals surface area contributed by atoms with Crippen molar-refractivity contribution in [1.82, 2.24) is 0 Å². The number of carbonyl (C=O) groups excluding carboxylic acids is 1. The van der Waals surface area contributed by atoms with Gasteiger partial charge >= 0.3 is 5.97 Å². The molecule has 0 heterocycles. The molecule has 0 bridgehead atoms. The largest absolute Gasteiger partial charge is 0.482 e. The molecule has 21 heavy (non-hydrogen) atoms. The lowest BCUT2D eigenvalue weighted by Gasteiger charge is -2.09. The lowest BCUT2D eigenvalue weighted by Crippen LogP contribution is -2.17. The maximum absolute atomic E-state index is 11.8. The molecule has 0 saturated heterocycles. The van der Waals surface area contributed by atoms with E-state index in [9.17, 15) is 4.79 Å². The number of aryl methyl sites for hydroxylation is 3. The molecule has 0 aromatic heterocycles. The van der Waals surface area contributed by atoms with Gasteiger partial charge in [-0.2, -0.15) is 0 Å². The predicted octanol–water partition coefficient (Wildman–Crippen LogP) is 4.36. The van der Waals surface area contributed by atoms with E-state index in [1.54, 1.807) is 12.1 Å². The number of carbonyl (C=O) groups is 1. The highest BCUT2D eigenvalue weighted by Crippen LogP contribution is 2.22. The predicted molar refractivity (Wildman–Crippen MR) is 85.9 cm³/mol. The second-order valence-electron chi connectivity index (χ2n) is 4.92. The third kappa shape index (κ3) is 4.33. The van der Waals surface area contributed by atoms with Crippen molar-refractivity contribution >= 4 is 21.9 Å². The van der Waals surface area contributed by atoms with Crippen molar-refractivity contribution in [3.8, 4) is 11.5 Å². The molecule has 2 aromatic rings. The Kier molecular flexibility index (Phi) is 5.02. The molecule has 0 unspecified atom stereocenters. The fourth-order valence-corrected chi connectivity index (χ4v) is 2.03. The molecule has 4 heteroatoms. The lowest BCUT2D eigenvalue weighted by atomic mass is 10.1. The fourth-order valence-electron chi connectivity index (χ4n) is 1.79. The molecule has 0 aliphatic carbocycles. The van der Waals surface area contributed by atoms with E-state index in [1.165, 1.54) is 0 Å². The summed E-state index contributed by atoms with van der Waals surface area (Å²) in [4.78, 5) is 11.8. The molecule has 0 aliphatic heterocycles. The zero-order valence-corrected chi connectivity index (χ0v) is 13.9. The summed E-state index contributed by atoms with van der Waals surface area (Å²) in [5.74, 6) is 0.769. The van der Waals surface area contributed by atoms with E-state index in [0.717, 1.165) is 21.2 Å². The molecular formula is C17H17BrO3. The van der Waals surface area contributed by atoms with Gasteiger partial charge in [0.25, 0.3) is 0 Å². The molecule has 0 N–H and O–H groups in total. The summed E-state index contributed by atoms with van der Waals surface area (Å²) >= 11 is 3.42. The van der Waals surface area contributed by atoms with E-state index in [-0.39, 0.29) is 6.61 Å². The molecule has 0 amide bonds. The number of rotatable bonds is 4. The maximum atomic E-state index is 11.8. The number of hydrogen-bond donors (Lipinski definition) is 0. The lowest BCUT2D eigenvalue weighted by molar-refractivity contribution is -0.136. The second kappa shape index (κ2) is 6.76. The Morgan fingerprint density at radius 3 is 2.29 bits per heavy atom. The molecule has 0 aliphatic rings. The summed E-state index contributed by atoms with van der Waals surface area (Å²) in [7, 11) is 0. The Balaban J connectivity index is 1.92. The zero-order valence-electron chi connectivity index (χ0n) is 12.3. The third-order valence-electron chi connectivity index (χ3n) is 3.20. The molecule has 0 spiro atoms. The van der Waals surface area contributed by atoms with E-state index in [2.05, 4.69) is 15.9 Å². The summed E-state index contributed by atoms with van der Waals surface area (Å²) < 4.78 is 11.7. The van der Waals surface area contributed by atoms with Gasteiger partial charge in [0.2, 0.25) is 0 Å². The van der Waals surface area contributed by atoms with Gasteiger partial charge in [-0.25, -0.2) is 4.79 Å². The van der Waals surface area contributed by atoms with Crippen LogP contribution in [0.15, 0.2) is 40.9 Å². The summed E-state index contributed by atoms with van der Waals surface area (Å²) in [5, 5.41) is 0. The Hall–Kier alpha value is -1.81. The minimum absolute atomic E-state index is 0.117. The van der Waals surface area contributed by atoms with Crippen LogP contribution in [0.5, 0.6) is 11.5 Å². The van der Waals surface area contributed by atoms with Crippen LogP contribution in [-0.4, -0.2) is 12.6 Å². The topological polar surface area (TPSA) is 35.5 Å². The van der Waals surface area contributed by atoms with Crippen molar-refractivity contribution < 1.29 is 14.3 Å². The van der Waals surface area contributed by atoms with Crippen molar-refractivity contribution in [1.29, 1.82) is 0 Å². The molecule has 0 atom stereocenters. The van der Waals surface area contributed by atoms with Crippen LogP contribution in [0.25, 0.3) is 0 Å². The van der Waals surface area contributed by atoms with Gasteiger partial charge in [-0.15, -0.1) is 0 Å². The Morgan fingerprint density at radius 1 is 0.952 bits per heavy atom. The molecule has 110 valence electrons. The van der Waals surface area contributed by atoms with E-state index in [4.69, 9.17) is 9.47 Å². The Bertz CT molecular complexity index is 665. The van der Waals surface area contributed by atoms with Gasteiger partial charge in [0.05, 0.1) is 0 Å². The summed E-state index contributed by atoms with van der Waals surface area (Å²) in [5.41, 5.74) is 3.30. The smallest absolute Gasteiger partial charge is 0.349 e. The van der Waals surface area contributed by atoms with Gasteiger partial charge < -0.3 is 9.47 Å². The van der Waals surface area contributed by atoms with Gasteiger partial charge in [0.1, 0.15) is 11.5 Å². The highest BCUT2D eigenvalue weighted by Gasteiger charge is 2.07. The van der Waals surface area contributed by atoms with Crippen LogP contribution in [0, 0.1) is 20.8 Å². The number of esters is 1. The Labute approximate surface area is 133 Å². The number of hydrogen-bond acceptors (Lipinski definition) is 3. The normalized spacial score (nSPS) is 10.3. The first-order valence-corrected chi connectivity index (χ1v) is 7.42. The highest BCUT2D eigenvalue weighted by atomic mass is 79.9. The standard InChI is InChI=1S/C17H17BrO3/c1-11-4-5-15(8-12(11)2)21-17(19)10-20-14-6-7-16(18)13(3)9-14/h4-9H,10H2,1-3H3. The zero-order chi connectivity index (χ0) is 15.4. The van der Waals surface area contributed by atoms with Gasteiger partial charge in [-0.1, -0.05) is 22.0 Å². The number of halogens is 1. The second-order valence-corrected chi connectivity index (χ2v) is 5.77. The molecule has 3 nitrogen and oxygen atoms in total. The van der Waals surface area contributed by atoms with Crippen LogP contribution in [-0.2, 0) is 4.79 Å². The average Bonchev–Trinajstić information content (AvgIpc) is 2.44. The molecular weight excluding hydrogens is 332 g/mol. The van der Waals surface area contributed by atoms with Crippen LogP contribution in [0.2, 0.25) is 0 Å². The average molecular weight is 349 g/mol. The molecule has 0 fully saturated rings. The number of benzene rings is 2. The van der Waals surface area contributed by atoms with Gasteiger partial charge in [0.15, 0.2) is 6.61 Å². The van der Waals surface area contributed by atoms with E-state index in [1.807, 2.05) is 45.0 Å². The first kappa shape index (κ1) is 15.6. The van der Waals surface area contributed by atoms with Crippen LogP contribution >= 0.6 is 15.9 Å². The maximum Gasteiger partial charge on any atom is 0.349 e. The van der Waals surface area contributed by atoms with E-state index in [0.29, 0.717) is 11.5 Å². The van der Waals surface area contributed by atoms with Gasteiger partial charge in [-0.05, 0) is 67.8 Å². The van der Waals surface area contributed by atoms with E-state index < -0.39 is 5.97 Å². The first-order chi connectivity index (χ1) is 9.95. The van der Waals surface area contributed by atoms with Crippen molar-refractivity contribution in [3.63, 3.8) is 0 Å². The van der Waals surface area contributed by atoms with Gasteiger partial charge in [-0.3, -0.25) is 0 Å². The van der Waals surface area contributed by atoms with E-state index >= 15 is 0 Å². The van der Waals surface area contributed by atoms with Crippen LogP contribution < -0.4 is 9.47 Å². The molecule has 0 saturated carbocycles. The van der Waals surface area contributed by atoms with Gasteiger partial charge in [0, 0.05) is 4.47 Å². The van der Waals surface area contributed by atoms with Crippen LogP contribution in [0.3, 0.4) is 0 Å². The Morgan fingerprint density at radius 2 is 1.62 bits per heavy atom. The minimum atomic E-state index is -0.418. The quantitative estimate of drug-likeness (QED) is 0.608. The van der Waals surface area contributed by atoms with Crippen molar-refractivity contribution in [2.45, 2.75) is 20.8 Å². The summed E-state index contributed by atoms with van der Waals surface area (Å²) in [6, 6.07) is 11.1. The fraction of sp³-hybridized carbons (Fsp3) is 0.235. The van der Waals surface area contributed by atoms with Crippen molar-refractivity contribution in [2.24, 2.45) is 0 Å². The van der Waals surface area contributed by atoms with Crippen molar-refractivity contribution in [3.05, 3.63) is 57.6 Å². The molecule has 0 radical (unpaired) electrons. The summed E-state index contributed by atoms with van der Waals surface area (Å²) in [6.07, 6.45) is 0. The highest BCUT2D eigenvalue weighted by molar-refractivity contribution is 9.10. The monoisotopic (exact) mass is 348 g/mol. The number of ether oxygens (including phenoxy) is 2. The first-order valence-electron chi connectivity index (χ1n) is 6.62. The molecule has 2 aromatic carbocycles. The summed E-state index contributed by atoms with van der Waals surface area (Å²) in [6.45, 7) is 5.84. The minimum Gasteiger partial charge on any atom is -0.482 e. The SMILES string of the molecule is Cc1ccc(OC(=O)COc2ccc(Br)c(C)c2)cc1C. The third-order valence-corrected chi connectivity index (χ3v) is 4.09. The molecule has 2 rings (SSSR count). The van der Waals surface area contributed by atoms with Crippen LogP contribution in [0.4, 0.5) is 0 Å². The van der Waals surface area contributed by atoms with Crippen molar-refractivity contribution in [2.75, 3.05) is 6.61 Å².